The molecule has 0 saturated heterocycles. The third-order valence-electron chi connectivity index (χ3n) is 11.8. The van der Waals surface area contributed by atoms with Crippen molar-refractivity contribution < 1.29 is 48.2 Å². The van der Waals surface area contributed by atoms with E-state index >= 15 is 0 Å². The van der Waals surface area contributed by atoms with Crippen LogP contribution in [0.1, 0.15) is 70.5 Å². The van der Waals surface area contributed by atoms with E-state index in [1.54, 1.807) is 27.3 Å². The maximum atomic E-state index is 10.0. The number of pyridine rings is 1. The van der Waals surface area contributed by atoms with E-state index in [0.717, 1.165) is 33.2 Å². The summed E-state index contributed by atoms with van der Waals surface area (Å²) in [6.07, 6.45) is 5.37. The fraction of sp³-hybridized carbons (Fsp3) is 0.129. The van der Waals surface area contributed by atoms with E-state index < -0.39 is 106 Å². The van der Waals surface area contributed by atoms with Gasteiger partial charge in [-0.2, -0.15) is 18.2 Å². The Morgan fingerprint density at radius 2 is 1.24 bits per heavy atom. The molecule has 0 saturated carbocycles. The van der Waals surface area contributed by atoms with Gasteiger partial charge in [-0.3, -0.25) is 4.57 Å². The zero-order valence-electron chi connectivity index (χ0n) is 51.0. The topological polar surface area (TPSA) is 35.9 Å². The molecule has 0 N–H and O–H groups in total. The average Bonchev–Trinajstić information content (AvgIpc) is 3.99. The number of rotatable bonds is 8. The Hall–Kier alpha value is -7.33. The molecule has 0 radical (unpaired) electrons. The number of nitrogens with zero attached hydrogens (tertiary/aromatic N) is 4. The molecule has 0 amide bonds. The summed E-state index contributed by atoms with van der Waals surface area (Å²) < 4.78 is 129. The summed E-state index contributed by atoms with van der Waals surface area (Å²) in [4.78, 5) is 4.82. The summed E-state index contributed by atoms with van der Waals surface area (Å²) in [6, 6.07) is 32.3. The molecule has 0 spiro atoms. The van der Waals surface area contributed by atoms with Crippen molar-refractivity contribution in [1.29, 1.82) is 0 Å². The van der Waals surface area contributed by atoms with Gasteiger partial charge in [0.1, 0.15) is 5.82 Å². The number of hydrogen-bond acceptors (Lipinski definition) is 2. The Bertz CT molecular complexity index is 4270. The van der Waals surface area contributed by atoms with Crippen LogP contribution in [0.5, 0.6) is 11.5 Å². The van der Waals surface area contributed by atoms with Crippen LogP contribution in [0.3, 0.4) is 0 Å². The summed E-state index contributed by atoms with van der Waals surface area (Å²) in [6.45, 7) is 12.5. The molecule has 0 aliphatic heterocycles. The fourth-order valence-corrected chi connectivity index (χ4v) is 8.52. The maximum Gasteiger partial charge on any atom is 0.268 e. The first-order valence-corrected chi connectivity index (χ1v) is 21.9. The molecule has 336 valence electrons. The average molecular weight is 1080 g/mol. The number of imidazole rings is 1. The number of aromatic nitrogens is 4. The van der Waals surface area contributed by atoms with Gasteiger partial charge in [0.2, 0.25) is 0 Å². The predicted octanol–water partition coefficient (Wildman–Crippen LogP) is 15.2. The minimum Gasteiger partial charge on any atom is -0.510 e. The number of benzene rings is 8. The number of para-hydroxylation sites is 4. The molecule has 11 rings (SSSR count). The summed E-state index contributed by atoms with van der Waals surface area (Å²) >= 11 is 0. The Morgan fingerprint density at radius 3 is 1.94 bits per heavy atom. The minimum atomic E-state index is -0.737. The molecule has 0 aliphatic carbocycles. The van der Waals surface area contributed by atoms with Gasteiger partial charge in [0.05, 0.1) is 34.5 Å². The van der Waals surface area contributed by atoms with E-state index in [4.69, 9.17) is 23.4 Å². The van der Waals surface area contributed by atoms with E-state index in [0.29, 0.717) is 39.5 Å². The zero-order chi connectivity index (χ0) is 57.2. The van der Waals surface area contributed by atoms with Crippen LogP contribution in [0.15, 0.2) is 194 Å². The first kappa shape index (κ1) is 31.6. The van der Waals surface area contributed by atoms with Crippen molar-refractivity contribution >= 4 is 32.8 Å². The van der Waals surface area contributed by atoms with Gasteiger partial charge in [0.15, 0.2) is 0 Å². The van der Waals surface area contributed by atoms with Gasteiger partial charge in [-0.1, -0.05) is 168 Å². The third-order valence-corrected chi connectivity index (χ3v) is 11.8. The molecule has 3 aromatic heterocycles. The van der Waals surface area contributed by atoms with Gasteiger partial charge in [0, 0.05) is 44.3 Å². The first-order valence-electron chi connectivity index (χ1n) is 28.4. The van der Waals surface area contributed by atoms with Gasteiger partial charge in [-0.25, -0.2) is 4.98 Å². The van der Waals surface area contributed by atoms with Crippen LogP contribution < -0.4 is 9.30 Å². The number of hydrogen-bond donors (Lipinski definition) is 0. The van der Waals surface area contributed by atoms with Crippen LogP contribution >= 0.6 is 0 Å². The van der Waals surface area contributed by atoms with Crippen molar-refractivity contribution in [2.24, 2.45) is 0 Å². The fourth-order valence-electron chi connectivity index (χ4n) is 8.52. The summed E-state index contributed by atoms with van der Waals surface area (Å²) in [5.74, 6) is 1.56. The molecule has 6 heteroatoms. The van der Waals surface area contributed by atoms with Gasteiger partial charge < -0.3 is 13.9 Å². The van der Waals surface area contributed by atoms with Crippen molar-refractivity contribution in [2.75, 3.05) is 0 Å². The van der Waals surface area contributed by atoms with E-state index in [1.165, 1.54) is 0 Å². The molecule has 68 heavy (non-hydrogen) atoms. The monoisotopic (exact) mass is 1070 g/mol. The molecule has 3 heterocycles. The maximum absolute atomic E-state index is 10.0. The quantitative estimate of drug-likeness (QED) is 0.112. The van der Waals surface area contributed by atoms with Crippen molar-refractivity contribution in [3.05, 3.63) is 224 Å². The van der Waals surface area contributed by atoms with Crippen LogP contribution in [0.4, 0.5) is 0 Å². The number of ether oxygens (including phenoxy) is 1. The third kappa shape index (κ3) is 8.26. The summed E-state index contributed by atoms with van der Waals surface area (Å²) in [5, 5.41) is 2.01. The van der Waals surface area contributed by atoms with Gasteiger partial charge in [-0.15, -0.1) is 29.7 Å². The molecule has 0 bridgehead atoms. The molecular formula is C62H50N4OPt-2. The van der Waals surface area contributed by atoms with Crippen molar-refractivity contribution in [1.82, 2.24) is 14.1 Å². The normalized spacial score (nSPS) is 14.5. The second kappa shape index (κ2) is 17.7. The van der Waals surface area contributed by atoms with Crippen molar-refractivity contribution in [3.8, 4) is 62.1 Å². The molecular weight excluding hydrogens is 1010 g/mol. The molecule has 0 atom stereocenters. The molecule has 0 aliphatic rings. The zero-order valence-corrected chi connectivity index (χ0v) is 40.3. The molecule has 0 unspecified atom stereocenters. The SMILES string of the molecule is [2H]c1c([2H])c([2H])c(-c2c([2H])c(-c3cccc(C(C)(C)C)c3-[n+]3[c-]n(-c4[c-]c(Oc5[c-]c6c(cc5)c5ccccc5n6-c5cc(C(C)(C)C)ccn5)ccc4)c4ccccc43)c([2H])c(-c3c([2H])c([2H])c([2H])c([2H])c3[2H])c2[2H])c([2H])c1[2H].[Pt]. The van der Waals surface area contributed by atoms with E-state index in [1.807, 2.05) is 99.8 Å². The minimum absolute atomic E-state index is 0. The molecule has 5 nitrogen and oxygen atoms in total. The Morgan fingerprint density at radius 1 is 0.588 bits per heavy atom. The Balaban J connectivity index is 0.00000736. The van der Waals surface area contributed by atoms with Gasteiger partial charge >= 0.3 is 0 Å². The van der Waals surface area contributed by atoms with Crippen LogP contribution in [0.2, 0.25) is 0 Å². The molecule has 8 aromatic carbocycles. The smallest absolute Gasteiger partial charge is 0.268 e. The molecule has 0 fully saturated rings. The second-order valence-electron chi connectivity index (χ2n) is 18.3. The van der Waals surface area contributed by atoms with Crippen molar-refractivity contribution in [2.45, 2.75) is 52.4 Å². The van der Waals surface area contributed by atoms with Crippen LogP contribution in [-0.2, 0) is 31.9 Å². The Labute approximate surface area is 431 Å². The summed E-state index contributed by atoms with van der Waals surface area (Å²) in [5.41, 5.74) is 3.02. The predicted molar refractivity (Wildman–Crippen MR) is 274 cm³/mol. The number of fused-ring (bicyclic) bond motifs is 4. The van der Waals surface area contributed by atoms with Crippen LogP contribution in [0.25, 0.3) is 83.4 Å². The van der Waals surface area contributed by atoms with E-state index in [-0.39, 0.29) is 37.6 Å². The summed E-state index contributed by atoms with van der Waals surface area (Å²) in [7, 11) is 0. The van der Waals surface area contributed by atoms with E-state index in [2.05, 4.69) is 62.0 Å². The first-order chi connectivity index (χ1) is 37.9. The standard InChI is InChI=1S/C62H50N4O.Pt/c1-61(2,3)47-33-34-63-59(38-47)66-55-28-14-13-25-52(55)53-32-31-50(40-58(53)66)67-49-24-17-23-48(39-49)64-41-65(57-30-16-15-29-56(57)64)60-51(26-18-27-54(60)62(4,5)6)46-36-44(42-19-9-7-10-20-42)35-45(37-46)43-21-11-8-12-22-43;/h7-38H,1-6H3;/q-2;/i7D,8D,9D,10D,11D,12D,19D,20D,21D,22D,35D,36D,37D;. The van der Waals surface area contributed by atoms with Gasteiger partial charge in [-0.05, 0) is 103 Å². The Kier molecular flexibility index (Phi) is 8.23. The second-order valence-corrected chi connectivity index (χ2v) is 18.3. The largest absolute Gasteiger partial charge is 0.510 e. The van der Waals surface area contributed by atoms with Gasteiger partial charge in [0.25, 0.3) is 6.33 Å². The van der Waals surface area contributed by atoms with E-state index in [9.17, 15) is 4.11 Å². The van der Waals surface area contributed by atoms with Crippen molar-refractivity contribution in [3.63, 3.8) is 0 Å². The molecule has 11 aromatic rings. The van der Waals surface area contributed by atoms with Crippen LogP contribution in [-0.4, -0.2) is 14.1 Å². The van der Waals surface area contributed by atoms with Crippen LogP contribution in [0, 0.1) is 18.5 Å².